The van der Waals surface area contributed by atoms with E-state index >= 15 is 0 Å². The molecule has 84 valence electrons. The van der Waals surface area contributed by atoms with E-state index in [4.69, 9.17) is 0 Å². The molecule has 0 aliphatic carbocycles. The van der Waals surface area contributed by atoms with Gasteiger partial charge in [0.2, 0.25) is 0 Å². The van der Waals surface area contributed by atoms with Gasteiger partial charge in [-0.3, -0.25) is 0 Å². The van der Waals surface area contributed by atoms with Crippen LogP contribution in [0.15, 0.2) is 25.8 Å². The Labute approximate surface area is 87.8 Å². The lowest BCUT2D eigenvalue weighted by Gasteiger charge is -1.57. The van der Waals surface area contributed by atoms with Crippen LogP contribution < -0.4 is 0 Å². The van der Waals surface area contributed by atoms with Gasteiger partial charge in [-0.2, -0.15) is 0 Å². The minimum Gasteiger partial charge on any atom is -0.106 e. The van der Waals surface area contributed by atoms with Crippen LogP contribution in [0.4, 0.5) is 0 Å². The molecule has 0 saturated carbocycles. The molecule has 0 heterocycles. The number of allylic oxidation sites excluding steroid dienone is 1. The van der Waals surface area contributed by atoms with E-state index < -0.39 is 0 Å². The Morgan fingerprint density at radius 1 is 0.846 bits per heavy atom. The first kappa shape index (κ1) is 29.4. The molecular weight excluding hydrogens is 156 g/mol. The summed E-state index contributed by atoms with van der Waals surface area (Å²) < 4.78 is 0. The molecule has 0 amide bonds. The van der Waals surface area contributed by atoms with Gasteiger partial charge in [0.15, 0.2) is 0 Å². The van der Waals surface area contributed by atoms with E-state index in [-0.39, 0.29) is 0 Å². The van der Waals surface area contributed by atoms with Crippen molar-refractivity contribution in [3.05, 3.63) is 25.8 Å². The molecular formula is C13H32. The Morgan fingerprint density at radius 3 is 0.923 bits per heavy atom. The molecule has 0 aliphatic heterocycles. The second-order valence-electron chi connectivity index (χ2n) is 1.40. The van der Waals surface area contributed by atoms with Gasteiger partial charge in [-0.05, 0) is 6.42 Å². The van der Waals surface area contributed by atoms with E-state index in [1.165, 1.54) is 6.42 Å². The summed E-state index contributed by atoms with van der Waals surface area (Å²) in [7, 11) is 0. The van der Waals surface area contributed by atoms with Crippen LogP contribution in [0.3, 0.4) is 0 Å². The van der Waals surface area contributed by atoms with Gasteiger partial charge in [0.25, 0.3) is 0 Å². The van der Waals surface area contributed by atoms with Gasteiger partial charge in [-0.25, -0.2) is 0 Å². The predicted octanol–water partition coefficient (Wildman–Crippen LogP) is 5.85. The van der Waals surface area contributed by atoms with Crippen molar-refractivity contribution in [2.75, 3.05) is 0 Å². The summed E-state index contributed by atoms with van der Waals surface area (Å²) in [5.41, 5.74) is 0. The maximum absolute atomic E-state index is 3.48. The molecule has 0 fully saturated rings. The number of hydrogen-bond acceptors (Lipinski definition) is 0. The van der Waals surface area contributed by atoms with Gasteiger partial charge in [0, 0.05) is 0 Å². The average Bonchev–Trinajstić information content (AvgIpc) is 2.27. The van der Waals surface area contributed by atoms with Crippen molar-refractivity contribution in [2.24, 2.45) is 0 Å². The minimum atomic E-state index is 1.08. The van der Waals surface area contributed by atoms with Gasteiger partial charge in [-0.15, -0.1) is 19.7 Å². The summed E-state index contributed by atoms with van der Waals surface area (Å²) in [6.45, 7) is 23.8. The van der Waals surface area contributed by atoms with Crippen LogP contribution in [0.2, 0.25) is 0 Å². The van der Waals surface area contributed by atoms with Crippen molar-refractivity contribution < 1.29 is 0 Å². The van der Waals surface area contributed by atoms with Crippen molar-refractivity contribution in [3.63, 3.8) is 0 Å². The number of rotatable bonds is 1. The summed E-state index contributed by atoms with van der Waals surface area (Å²) in [6.07, 6.45) is 4.21. The first-order valence-corrected chi connectivity index (χ1v) is 5.44. The standard InChI is InChI=1S/C4H8.C3H8.2C2H6.C2H4/c1-3-4-2;1-3-2;3*1-2/h3H,1,4H2,2H3;3H2,1-2H3;2*1-2H3;1-2H2. The third-order valence-corrected chi connectivity index (χ3v) is 0.289. The molecule has 0 N–H and O–H groups in total. The van der Waals surface area contributed by atoms with Crippen LogP contribution in [-0.4, -0.2) is 0 Å². The van der Waals surface area contributed by atoms with E-state index in [2.05, 4.69) is 40.5 Å². The molecule has 0 unspecified atom stereocenters. The van der Waals surface area contributed by atoms with Crippen LogP contribution in [0.1, 0.15) is 61.3 Å². The van der Waals surface area contributed by atoms with E-state index in [0.717, 1.165) is 6.42 Å². The molecule has 0 saturated heterocycles. The second-order valence-corrected chi connectivity index (χ2v) is 1.40. The van der Waals surface area contributed by atoms with Crippen molar-refractivity contribution in [2.45, 2.75) is 61.3 Å². The highest BCUT2D eigenvalue weighted by molar-refractivity contribution is 4.60. The highest BCUT2D eigenvalue weighted by Gasteiger charge is 1.45. The Balaban J connectivity index is -0.0000000215. The highest BCUT2D eigenvalue weighted by Crippen LogP contribution is 1.66. The van der Waals surface area contributed by atoms with Crippen molar-refractivity contribution in [1.29, 1.82) is 0 Å². The van der Waals surface area contributed by atoms with E-state index in [0.29, 0.717) is 0 Å². The molecule has 13 heavy (non-hydrogen) atoms. The van der Waals surface area contributed by atoms with Crippen LogP contribution >= 0.6 is 0 Å². The van der Waals surface area contributed by atoms with Crippen molar-refractivity contribution >= 4 is 0 Å². The first-order chi connectivity index (χ1) is 6.33. The van der Waals surface area contributed by atoms with E-state index in [1.54, 1.807) is 0 Å². The molecule has 0 atom stereocenters. The molecule has 0 aliphatic rings. The lowest BCUT2D eigenvalue weighted by molar-refractivity contribution is 1.09. The SMILES string of the molecule is C=C.C=CCC.CC.CC.CCC. The normalized spacial score (nSPS) is 4.54. The smallest absolute Gasteiger partial charge is 0.0382 e. The fraction of sp³-hybridized carbons (Fsp3) is 0.692. The minimum absolute atomic E-state index is 1.08. The summed E-state index contributed by atoms with van der Waals surface area (Å²) >= 11 is 0. The van der Waals surface area contributed by atoms with E-state index in [9.17, 15) is 0 Å². The third-order valence-electron chi connectivity index (χ3n) is 0.289. The average molecular weight is 188 g/mol. The lowest BCUT2D eigenvalue weighted by atomic mass is 10.5. The van der Waals surface area contributed by atoms with Gasteiger partial charge >= 0.3 is 0 Å². The van der Waals surface area contributed by atoms with Gasteiger partial charge in [-0.1, -0.05) is 61.0 Å². The Hall–Kier alpha value is -0.520. The quantitative estimate of drug-likeness (QED) is 0.453. The largest absolute Gasteiger partial charge is 0.106 e. The molecule has 0 rings (SSSR count). The fourth-order valence-corrected chi connectivity index (χ4v) is 0. The summed E-state index contributed by atoms with van der Waals surface area (Å²) in [5.74, 6) is 0. The molecule has 0 aromatic heterocycles. The van der Waals surface area contributed by atoms with Crippen molar-refractivity contribution in [3.8, 4) is 0 Å². The van der Waals surface area contributed by atoms with E-state index in [1.807, 2.05) is 33.8 Å². The lowest BCUT2D eigenvalue weighted by Crippen LogP contribution is -1.36. The topological polar surface area (TPSA) is 0 Å². The maximum atomic E-state index is 3.48. The van der Waals surface area contributed by atoms with Gasteiger partial charge in [0.05, 0.1) is 0 Å². The zero-order chi connectivity index (χ0) is 12.1. The zero-order valence-corrected chi connectivity index (χ0v) is 11.1. The predicted molar refractivity (Wildman–Crippen MR) is 70.4 cm³/mol. The molecule has 0 aromatic carbocycles. The van der Waals surface area contributed by atoms with Crippen molar-refractivity contribution in [1.82, 2.24) is 0 Å². The second kappa shape index (κ2) is 205. The fourth-order valence-electron chi connectivity index (χ4n) is 0. The zero-order valence-electron chi connectivity index (χ0n) is 11.1. The van der Waals surface area contributed by atoms with Gasteiger partial charge in [0.1, 0.15) is 0 Å². The molecule has 0 heteroatoms. The van der Waals surface area contributed by atoms with Crippen LogP contribution in [0.25, 0.3) is 0 Å². The Kier molecular flexibility index (Phi) is 464. The Morgan fingerprint density at radius 2 is 0.923 bits per heavy atom. The Bertz CT molecular complexity index is 29.0. The molecule has 0 aromatic rings. The van der Waals surface area contributed by atoms with Crippen LogP contribution in [0.5, 0.6) is 0 Å². The summed E-state index contributed by atoms with van der Waals surface area (Å²) in [6, 6.07) is 0. The van der Waals surface area contributed by atoms with Gasteiger partial charge < -0.3 is 0 Å². The summed E-state index contributed by atoms with van der Waals surface area (Å²) in [4.78, 5) is 0. The monoisotopic (exact) mass is 188 g/mol. The third kappa shape index (κ3) is 4480. The molecule has 0 spiro atoms. The summed E-state index contributed by atoms with van der Waals surface area (Å²) in [5, 5.41) is 0. The molecule has 0 bridgehead atoms. The van der Waals surface area contributed by atoms with Crippen LogP contribution in [0, 0.1) is 0 Å². The number of hydrogen-bond donors (Lipinski definition) is 0. The first-order valence-electron chi connectivity index (χ1n) is 5.44. The maximum Gasteiger partial charge on any atom is -0.0382 e. The molecule has 0 nitrogen and oxygen atoms in total. The highest BCUT2D eigenvalue weighted by atomic mass is 13.5. The molecule has 0 radical (unpaired) electrons. The van der Waals surface area contributed by atoms with Crippen LogP contribution in [-0.2, 0) is 0 Å².